The van der Waals surface area contributed by atoms with Gasteiger partial charge in [0.2, 0.25) is 0 Å². The lowest BCUT2D eigenvalue weighted by atomic mass is 9.83. The molecule has 1 aliphatic carbocycles. The Morgan fingerprint density at radius 1 is 1.24 bits per heavy atom. The van der Waals surface area contributed by atoms with Crippen molar-refractivity contribution in [1.82, 2.24) is 5.16 Å². The molecule has 1 saturated carbocycles. The summed E-state index contributed by atoms with van der Waals surface area (Å²) < 4.78 is 11.1. The van der Waals surface area contributed by atoms with Crippen molar-refractivity contribution < 1.29 is 18.8 Å². The van der Waals surface area contributed by atoms with Gasteiger partial charge in [-0.15, -0.1) is 0 Å². The van der Waals surface area contributed by atoms with Crippen LogP contribution in [0, 0.1) is 0 Å². The highest BCUT2D eigenvalue weighted by Crippen LogP contribution is 2.37. The number of carbonyl (C=O) groups is 2. The number of fused-ring (bicyclic) bond motifs is 3. The molecule has 0 saturated heterocycles. The molecule has 1 aromatic heterocycles. The fourth-order valence-electron chi connectivity index (χ4n) is 3.42. The topological polar surface area (TPSA) is 69.4 Å². The summed E-state index contributed by atoms with van der Waals surface area (Å²) >= 11 is 3.35. The number of hydrogen-bond donors (Lipinski definition) is 0. The van der Waals surface area contributed by atoms with Crippen LogP contribution in [0.1, 0.15) is 30.9 Å². The zero-order valence-electron chi connectivity index (χ0n) is 13.5. The SMILES string of the molecule is O=C1CCC(c2noc3ccc4cc(OCCBr)ccc4c23)C(=O)C1. The van der Waals surface area contributed by atoms with Crippen LogP contribution >= 0.6 is 15.9 Å². The quantitative estimate of drug-likeness (QED) is 0.484. The van der Waals surface area contributed by atoms with Crippen LogP contribution in [0.5, 0.6) is 5.75 Å². The van der Waals surface area contributed by atoms with E-state index in [-0.39, 0.29) is 23.9 Å². The fraction of sp³-hybridized carbons (Fsp3) is 0.316. The van der Waals surface area contributed by atoms with Gasteiger partial charge < -0.3 is 9.26 Å². The van der Waals surface area contributed by atoms with Crippen LogP contribution in [0.15, 0.2) is 34.9 Å². The Morgan fingerprint density at radius 3 is 2.92 bits per heavy atom. The summed E-state index contributed by atoms with van der Waals surface area (Å²) in [6, 6.07) is 9.68. The van der Waals surface area contributed by atoms with Crippen molar-refractivity contribution in [3.63, 3.8) is 0 Å². The highest BCUT2D eigenvalue weighted by molar-refractivity contribution is 9.09. The lowest BCUT2D eigenvalue weighted by Crippen LogP contribution is -2.23. The smallest absolute Gasteiger partial charge is 0.167 e. The van der Waals surface area contributed by atoms with Gasteiger partial charge in [0.15, 0.2) is 5.58 Å². The minimum Gasteiger partial charge on any atom is -0.493 e. The van der Waals surface area contributed by atoms with Crippen LogP contribution in [0.3, 0.4) is 0 Å². The second-order valence-electron chi connectivity index (χ2n) is 6.20. The molecule has 4 rings (SSSR count). The van der Waals surface area contributed by atoms with Crippen molar-refractivity contribution in [2.45, 2.75) is 25.2 Å². The molecule has 1 atom stereocenters. The van der Waals surface area contributed by atoms with Crippen LogP contribution in [0.2, 0.25) is 0 Å². The van der Waals surface area contributed by atoms with E-state index in [2.05, 4.69) is 21.1 Å². The van der Waals surface area contributed by atoms with Gasteiger partial charge in [-0.25, -0.2) is 0 Å². The number of ether oxygens (including phenoxy) is 1. The minimum atomic E-state index is -0.367. The van der Waals surface area contributed by atoms with Gasteiger partial charge in [-0.2, -0.15) is 0 Å². The van der Waals surface area contributed by atoms with E-state index in [1.165, 1.54) is 0 Å². The Morgan fingerprint density at radius 2 is 2.12 bits per heavy atom. The molecular formula is C19H16BrNO4. The van der Waals surface area contributed by atoms with E-state index in [0.29, 0.717) is 30.7 Å². The molecule has 1 fully saturated rings. The first-order valence-electron chi connectivity index (χ1n) is 8.22. The maximum Gasteiger partial charge on any atom is 0.167 e. The van der Waals surface area contributed by atoms with E-state index in [1.54, 1.807) is 0 Å². The molecule has 0 radical (unpaired) electrons. The third kappa shape index (κ3) is 2.95. The molecule has 0 spiro atoms. The van der Waals surface area contributed by atoms with E-state index in [9.17, 15) is 9.59 Å². The number of alkyl halides is 1. The molecule has 1 unspecified atom stereocenters. The molecule has 3 aromatic rings. The highest BCUT2D eigenvalue weighted by Gasteiger charge is 2.32. The molecular weight excluding hydrogens is 386 g/mol. The van der Waals surface area contributed by atoms with Crippen molar-refractivity contribution in [2.75, 3.05) is 11.9 Å². The number of Topliss-reactive ketones (excluding diaryl/α,β-unsaturated/α-hetero) is 2. The zero-order valence-corrected chi connectivity index (χ0v) is 15.0. The van der Waals surface area contributed by atoms with E-state index < -0.39 is 0 Å². The van der Waals surface area contributed by atoms with Crippen LogP contribution < -0.4 is 4.74 Å². The van der Waals surface area contributed by atoms with Crippen LogP contribution in [0.25, 0.3) is 21.7 Å². The molecule has 2 aromatic carbocycles. The number of aromatic nitrogens is 1. The molecule has 6 heteroatoms. The van der Waals surface area contributed by atoms with Gasteiger partial charge in [-0.1, -0.05) is 27.2 Å². The number of nitrogens with zero attached hydrogens (tertiary/aromatic N) is 1. The predicted octanol–water partition coefficient (Wildman–Crippen LogP) is 4.16. The normalized spacial score (nSPS) is 18.2. The van der Waals surface area contributed by atoms with E-state index in [1.807, 2.05) is 30.3 Å². The fourth-order valence-corrected chi connectivity index (χ4v) is 3.58. The second kappa shape index (κ2) is 6.59. The summed E-state index contributed by atoms with van der Waals surface area (Å²) in [5.41, 5.74) is 1.30. The number of halogens is 1. The number of carbonyl (C=O) groups excluding carboxylic acids is 2. The third-order valence-corrected chi connectivity index (χ3v) is 4.92. The van der Waals surface area contributed by atoms with E-state index in [0.717, 1.165) is 27.2 Å². The van der Waals surface area contributed by atoms with E-state index in [4.69, 9.17) is 9.26 Å². The van der Waals surface area contributed by atoms with Gasteiger partial charge in [0.25, 0.3) is 0 Å². The average molecular weight is 402 g/mol. The molecule has 25 heavy (non-hydrogen) atoms. The Balaban J connectivity index is 1.82. The van der Waals surface area contributed by atoms with Gasteiger partial charge >= 0.3 is 0 Å². The lowest BCUT2D eigenvalue weighted by molar-refractivity contribution is -0.130. The van der Waals surface area contributed by atoms with Crippen molar-refractivity contribution in [3.8, 4) is 5.75 Å². The summed E-state index contributed by atoms with van der Waals surface area (Å²) in [7, 11) is 0. The largest absolute Gasteiger partial charge is 0.493 e. The van der Waals surface area contributed by atoms with Crippen LogP contribution in [-0.4, -0.2) is 28.7 Å². The molecule has 0 aliphatic heterocycles. The maximum atomic E-state index is 12.3. The summed E-state index contributed by atoms with van der Waals surface area (Å²) in [5, 5.41) is 7.78. The predicted molar refractivity (Wildman–Crippen MR) is 97.4 cm³/mol. The third-order valence-electron chi connectivity index (χ3n) is 4.60. The number of benzene rings is 2. The molecule has 0 bridgehead atoms. The van der Waals surface area contributed by atoms with Gasteiger partial charge in [0.1, 0.15) is 23.0 Å². The first kappa shape index (κ1) is 16.3. The minimum absolute atomic E-state index is 0.00564. The summed E-state index contributed by atoms with van der Waals surface area (Å²) in [4.78, 5) is 23.8. The van der Waals surface area contributed by atoms with Crippen molar-refractivity contribution >= 4 is 49.2 Å². The van der Waals surface area contributed by atoms with Crippen molar-refractivity contribution in [2.24, 2.45) is 0 Å². The summed E-state index contributed by atoms with van der Waals surface area (Å²) in [6.07, 6.45) is 0.913. The van der Waals surface area contributed by atoms with Gasteiger partial charge in [0.05, 0.1) is 24.3 Å². The molecule has 5 nitrogen and oxygen atoms in total. The maximum absolute atomic E-state index is 12.3. The number of ketones is 2. The Kier molecular flexibility index (Phi) is 4.29. The lowest BCUT2D eigenvalue weighted by Gasteiger charge is -2.18. The van der Waals surface area contributed by atoms with Crippen LogP contribution in [0.4, 0.5) is 0 Å². The Bertz CT molecular complexity index is 978. The van der Waals surface area contributed by atoms with E-state index >= 15 is 0 Å². The first-order chi connectivity index (χ1) is 12.2. The monoisotopic (exact) mass is 401 g/mol. The molecule has 1 aliphatic rings. The Hall–Kier alpha value is -2.21. The highest BCUT2D eigenvalue weighted by atomic mass is 79.9. The summed E-state index contributed by atoms with van der Waals surface area (Å²) in [5.74, 6) is 0.366. The van der Waals surface area contributed by atoms with Gasteiger partial charge in [-0.3, -0.25) is 9.59 Å². The molecule has 0 N–H and O–H groups in total. The zero-order chi connectivity index (χ0) is 17.4. The second-order valence-corrected chi connectivity index (χ2v) is 6.99. The first-order valence-corrected chi connectivity index (χ1v) is 9.35. The number of rotatable bonds is 4. The van der Waals surface area contributed by atoms with Crippen molar-refractivity contribution in [3.05, 3.63) is 36.0 Å². The molecule has 128 valence electrons. The summed E-state index contributed by atoms with van der Waals surface area (Å²) in [6.45, 7) is 0.594. The van der Waals surface area contributed by atoms with Gasteiger partial charge in [-0.05, 0) is 41.5 Å². The number of hydrogen-bond acceptors (Lipinski definition) is 5. The molecule has 0 amide bonds. The Labute approximate surface area is 152 Å². The standard InChI is InChI=1S/C19H16BrNO4/c20-7-8-24-13-3-5-14-11(9-13)1-6-17-18(14)19(21-25-17)15-4-2-12(22)10-16(15)23/h1,3,5-6,9,15H,2,4,7-8,10H2. The van der Waals surface area contributed by atoms with Gasteiger partial charge in [0, 0.05) is 11.8 Å². The molecule has 1 heterocycles. The average Bonchev–Trinajstić information content (AvgIpc) is 3.04. The van der Waals surface area contributed by atoms with Crippen LogP contribution in [-0.2, 0) is 9.59 Å². The van der Waals surface area contributed by atoms with Crippen molar-refractivity contribution in [1.29, 1.82) is 0 Å².